The Morgan fingerprint density at radius 3 is 2.80 bits per heavy atom. The summed E-state index contributed by atoms with van der Waals surface area (Å²) < 4.78 is 0. The first kappa shape index (κ1) is 15.8. The second-order valence-corrected chi connectivity index (χ2v) is 6.78. The number of carbonyl (C=O) groups excluding carboxylic acids is 1. The van der Waals surface area contributed by atoms with Crippen molar-refractivity contribution >= 4 is 22.5 Å². The van der Waals surface area contributed by atoms with E-state index in [9.17, 15) is 4.79 Å². The third kappa shape index (κ3) is 2.60. The second kappa shape index (κ2) is 6.32. The van der Waals surface area contributed by atoms with Crippen LogP contribution in [0.25, 0.3) is 10.9 Å². The van der Waals surface area contributed by atoms with Crippen LogP contribution in [0.1, 0.15) is 53.7 Å². The third-order valence-corrected chi connectivity index (χ3v) is 5.03. The van der Waals surface area contributed by atoms with Crippen LogP contribution in [-0.2, 0) is 0 Å². The minimum atomic E-state index is 0.0932. The molecule has 0 bridgehead atoms. The molecule has 0 saturated heterocycles. The Bertz CT molecular complexity index is 942. The molecule has 1 aliphatic rings. The van der Waals surface area contributed by atoms with Crippen molar-refractivity contribution in [2.75, 3.05) is 4.90 Å². The number of para-hydroxylation sites is 1. The van der Waals surface area contributed by atoms with Crippen LogP contribution in [-0.4, -0.2) is 10.9 Å². The standard InChI is InChI=1S/C22H22N2O/c1-3-4-9-19-17-12-11-15(2)14-18(17)22(25)24(19)20-10-5-7-16-8-6-13-23-21(16)20/h5-8,10-14,19H,3-4,9H2,1-2H3. The molecule has 3 heteroatoms. The maximum atomic E-state index is 13.3. The molecule has 0 saturated carbocycles. The number of aromatic nitrogens is 1. The highest BCUT2D eigenvalue weighted by Gasteiger charge is 2.38. The highest BCUT2D eigenvalue weighted by Crippen LogP contribution is 2.42. The van der Waals surface area contributed by atoms with E-state index >= 15 is 0 Å². The molecule has 1 unspecified atom stereocenters. The fourth-order valence-electron chi connectivity index (χ4n) is 3.80. The van der Waals surface area contributed by atoms with Gasteiger partial charge in [-0.1, -0.05) is 55.7 Å². The molecule has 0 spiro atoms. The Hall–Kier alpha value is -2.68. The number of amides is 1. The quantitative estimate of drug-likeness (QED) is 0.638. The predicted molar refractivity (Wildman–Crippen MR) is 102 cm³/mol. The van der Waals surface area contributed by atoms with Gasteiger partial charge in [-0.05, 0) is 37.1 Å². The van der Waals surface area contributed by atoms with E-state index in [0.717, 1.165) is 52.5 Å². The number of rotatable bonds is 4. The molecule has 4 rings (SSSR count). The summed E-state index contributed by atoms with van der Waals surface area (Å²) in [7, 11) is 0. The molecular formula is C22H22N2O. The van der Waals surface area contributed by atoms with Gasteiger partial charge in [-0.25, -0.2) is 0 Å². The third-order valence-electron chi connectivity index (χ3n) is 5.03. The monoisotopic (exact) mass is 330 g/mol. The summed E-state index contributed by atoms with van der Waals surface area (Å²) in [6, 6.07) is 16.4. The highest BCUT2D eigenvalue weighted by molar-refractivity contribution is 6.14. The van der Waals surface area contributed by atoms with Crippen molar-refractivity contribution < 1.29 is 4.79 Å². The number of carbonyl (C=O) groups is 1. The lowest BCUT2D eigenvalue weighted by Crippen LogP contribution is -2.28. The molecule has 0 N–H and O–H groups in total. The summed E-state index contributed by atoms with van der Waals surface area (Å²) in [5.41, 5.74) is 4.92. The Kier molecular flexibility index (Phi) is 4.00. The first-order valence-electron chi connectivity index (χ1n) is 8.98. The largest absolute Gasteiger partial charge is 0.299 e. The lowest BCUT2D eigenvalue weighted by molar-refractivity contribution is 0.0990. The molecule has 1 atom stereocenters. The van der Waals surface area contributed by atoms with Gasteiger partial charge in [0.15, 0.2) is 0 Å². The zero-order chi connectivity index (χ0) is 17.4. The topological polar surface area (TPSA) is 33.2 Å². The molecule has 0 aliphatic carbocycles. The molecule has 2 aromatic carbocycles. The predicted octanol–water partition coefficient (Wildman–Crippen LogP) is 5.43. The second-order valence-electron chi connectivity index (χ2n) is 6.78. The van der Waals surface area contributed by atoms with Crippen LogP contribution >= 0.6 is 0 Å². The molecule has 25 heavy (non-hydrogen) atoms. The average Bonchev–Trinajstić information content (AvgIpc) is 2.91. The minimum absolute atomic E-state index is 0.0932. The number of nitrogens with zero attached hydrogens (tertiary/aromatic N) is 2. The molecule has 0 fully saturated rings. The van der Waals surface area contributed by atoms with Crippen LogP contribution < -0.4 is 4.90 Å². The summed E-state index contributed by atoms with van der Waals surface area (Å²) in [6.07, 6.45) is 4.99. The van der Waals surface area contributed by atoms with E-state index in [-0.39, 0.29) is 11.9 Å². The van der Waals surface area contributed by atoms with Crippen molar-refractivity contribution in [3.05, 3.63) is 71.4 Å². The maximum Gasteiger partial charge on any atom is 0.259 e. The normalized spacial score (nSPS) is 16.5. The summed E-state index contributed by atoms with van der Waals surface area (Å²) in [5.74, 6) is 0.0953. The van der Waals surface area contributed by atoms with Gasteiger partial charge in [0.25, 0.3) is 5.91 Å². The fourth-order valence-corrected chi connectivity index (χ4v) is 3.80. The van der Waals surface area contributed by atoms with Crippen molar-refractivity contribution in [1.82, 2.24) is 4.98 Å². The smallest absolute Gasteiger partial charge is 0.259 e. The summed E-state index contributed by atoms with van der Waals surface area (Å²) in [5, 5.41) is 1.06. The average molecular weight is 330 g/mol. The number of aryl methyl sites for hydroxylation is 1. The van der Waals surface area contributed by atoms with Crippen LogP contribution in [0, 0.1) is 6.92 Å². The molecule has 2 heterocycles. The van der Waals surface area contributed by atoms with Crippen LogP contribution in [0.2, 0.25) is 0 Å². The van der Waals surface area contributed by atoms with Crippen LogP contribution in [0.3, 0.4) is 0 Å². The van der Waals surface area contributed by atoms with E-state index in [1.165, 1.54) is 0 Å². The number of anilines is 1. The number of fused-ring (bicyclic) bond motifs is 2. The van der Waals surface area contributed by atoms with Crippen molar-refractivity contribution in [2.24, 2.45) is 0 Å². The summed E-state index contributed by atoms with van der Waals surface area (Å²) in [6.45, 7) is 4.23. The van der Waals surface area contributed by atoms with E-state index in [0.29, 0.717) is 0 Å². The summed E-state index contributed by atoms with van der Waals surface area (Å²) >= 11 is 0. The van der Waals surface area contributed by atoms with Gasteiger partial charge in [-0.2, -0.15) is 0 Å². The van der Waals surface area contributed by atoms with Crippen LogP contribution in [0.4, 0.5) is 5.69 Å². The van der Waals surface area contributed by atoms with Crippen LogP contribution in [0.5, 0.6) is 0 Å². The first-order chi connectivity index (χ1) is 12.2. The van der Waals surface area contributed by atoms with Gasteiger partial charge >= 0.3 is 0 Å². The van der Waals surface area contributed by atoms with Crippen molar-refractivity contribution in [3.8, 4) is 0 Å². The Balaban J connectivity index is 1.88. The number of hydrogen-bond acceptors (Lipinski definition) is 2. The number of benzene rings is 2. The van der Waals surface area contributed by atoms with E-state index < -0.39 is 0 Å². The minimum Gasteiger partial charge on any atom is -0.299 e. The van der Waals surface area contributed by atoms with Crippen LogP contribution in [0.15, 0.2) is 54.7 Å². The zero-order valence-corrected chi connectivity index (χ0v) is 14.7. The van der Waals surface area contributed by atoms with Gasteiger partial charge in [-0.3, -0.25) is 14.7 Å². The van der Waals surface area contributed by atoms with Gasteiger partial charge in [0.2, 0.25) is 0 Å². The van der Waals surface area contributed by atoms with E-state index in [1.54, 1.807) is 6.20 Å². The Labute approximate surface area is 148 Å². The van der Waals surface area contributed by atoms with Gasteiger partial charge in [0.05, 0.1) is 17.2 Å². The van der Waals surface area contributed by atoms with Gasteiger partial charge < -0.3 is 0 Å². The first-order valence-corrected chi connectivity index (χ1v) is 8.98. The van der Waals surface area contributed by atoms with E-state index in [1.807, 2.05) is 48.2 Å². The maximum absolute atomic E-state index is 13.3. The Morgan fingerprint density at radius 1 is 1.12 bits per heavy atom. The molecule has 1 aromatic heterocycles. The summed E-state index contributed by atoms with van der Waals surface area (Å²) in [4.78, 5) is 19.8. The SMILES string of the molecule is CCCCC1c2ccc(C)cc2C(=O)N1c1cccc2cccnc12. The fraction of sp³-hybridized carbons (Fsp3) is 0.273. The van der Waals surface area contributed by atoms with Crippen molar-refractivity contribution in [3.63, 3.8) is 0 Å². The zero-order valence-electron chi connectivity index (χ0n) is 14.7. The van der Waals surface area contributed by atoms with Crippen molar-refractivity contribution in [2.45, 2.75) is 39.2 Å². The van der Waals surface area contributed by atoms with Crippen molar-refractivity contribution in [1.29, 1.82) is 0 Å². The van der Waals surface area contributed by atoms with E-state index in [2.05, 4.69) is 24.0 Å². The number of unbranched alkanes of at least 4 members (excludes halogenated alkanes) is 1. The molecule has 126 valence electrons. The van der Waals surface area contributed by atoms with E-state index in [4.69, 9.17) is 0 Å². The lowest BCUT2D eigenvalue weighted by atomic mass is 9.98. The molecule has 3 aromatic rings. The molecule has 1 amide bonds. The highest BCUT2D eigenvalue weighted by atomic mass is 16.2. The molecule has 3 nitrogen and oxygen atoms in total. The molecule has 0 radical (unpaired) electrons. The Morgan fingerprint density at radius 2 is 1.96 bits per heavy atom. The number of pyridine rings is 1. The molecule has 1 aliphatic heterocycles. The molecular weight excluding hydrogens is 308 g/mol. The van der Waals surface area contributed by atoms with Gasteiger partial charge in [-0.15, -0.1) is 0 Å². The van der Waals surface area contributed by atoms with Gasteiger partial charge in [0, 0.05) is 17.1 Å². The lowest BCUT2D eigenvalue weighted by Gasteiger charge is -2.26. The van der Waals surface area contributed by atoms with Gasteiger partial charge in [0.1, 0.15) is 0 Å². The number of hydrogen-bond donors (Lipinski definition) is 0.